The van der Waals surface area contributed by atoms with Crippen LogP contribution in [0.3, 0.4) is 0 Å². The minimum absolute atomic E-state index is 0.0231. The molecule has 1 aliphatic heterocycles. The van der Waals surface area contributed by atoms with Crippen molar-refractivity contribution in [3.63, 3.8) is 0 Å². The van der Waals surface area contributed by atoms with Gasteiger partial charge in [0.2, 0.25) is 0 Å². The Morgan fingerprint density at radius 1 is 1.29 bits per heavy atom. The Kier molecular flexibility index (Phi) is 5.87. The van der Waals surface area contributed by atoms with Crippen LogP contribution in [0.2, 0.25) is 0 Å². The number of aromatic nitrogens is 3. The molecule has 3 aromatic rings. The van der Waals surface area contributed by atoms with E-state index in [0.717, 1.165) is 12.3 Å². The predicted molar refractivity (Wildman–Crippen MR) is 109 cm³/mol. The molecule has 8 nitrogen and oxygen atoms in total. The lowest BCUT2D eigenvalue weighted by Crippen LogP contribution is -2.28. The van der Waals surface area contributed by atoms with Crippen LogP contribution in [0.25, 0.3) is 5.82 Å². The number of rotatable bonds is 5. The number of benzene rings is 1. The van der Waals surface area contributed by atoms with Gasteiger partial charge in [0.05, 0.1) is 31.1 Å². The van der Waals surface area contributed by atoms with E-state index in [2.05, 4.69) is 10.1 Å². The van der Waals surface area contributed by atoms with Gasteiger partial charge >= 0.3 is 6.18 Å². The number of methoxy groups -OCH3 is 1. The molecule has 1 amide bonds. The third-order valence-corrected chi connectivity index (χ3v) is 5.18. The van der Waals surface area contributed by atoms with E-state index in [9.17, 15) is 27.6 Å². The average molecular weight is 475 g/mol. The Balaban J connectivity index is 1.62. The number of aryl methyl sites for hydroxylation is 1. The average Bonchev–Trinajstić information content (AvgIpc) is 3.37. The van der Waals surface area contributed by atoms with Gasteiger partial charge in [-0.05, 0) is 30.7 Å². The largest absolute Gasteiger partial charge is 0.494 e. The molecule has 2 aromatic heterocycles. The number of hydrogen-bond donors (Lipinski definition) is 0. The summed E-state index contributed by atoms with van der Waals surface area (Å²) in [5.74, 6) is -1.24. The highest BCUT2D eigenvalue weighted by molar-refractivity contribution is 6.00. The quantitative estimate of drug-likeness (QED) is 0.523. The van der Waals surface area contributed by atoms with Crippen LogP contribution in [0.5, 0.6) is 11.5 Å². The third-order valence-electron chi connectivity index (χ3n) is 5.18. The minimum Gasteiger partial charge on any atom is -0.494 e. The lowest BCUT2D eigenvalue weighted by Gasteiger charge is -2.21. The number of ether oxygens (including phenoxy) is 2. The van der Waals surface area contributed by atoms with Crippen molar-refractivity contribution in [3.8, 4) is 23.4 Å². The second kappa shape index (κ2) is 8.66. The van der Waals surface area contributed by atoms with Crippen molar-refractivity contribution in [3.05, 3.63) is 64.4 Å². The number of alkyl halides is 3. The summed E-state index contributed by atoms with van der Waals surface area (Å²) in [4.78, 5) is 18.7. The fourth-order valence-electron chi connectivity index (χ4n) is 3.57. The number of carbonyl (C=O) groups is 1. The van der Waals surface area contributed by atoms with E-state index >= 15 is 0 Å². The number of fused-ring (bicyclic) bond motifs is 1. The summed E-state index contributed by atoms with van der Waals surface area (Å²) in [6, 6.07) is 5.75. The van der Waals surface area contributed by atoms with E-state index in [-0.39, 0.29) is 35.7 Å². The van der Waals surface area contributed by atoms with E-state index in [1.807, 2.05) is 6.07 Å². The Morgan fingerprint density at radius 3 is 2.68 bits per heavy atom. The van der Waals surface area contributed by atoms with Gasteiger partial charge in [-0.1, -0.05) is 0 Å². The van der Waals surface area contributed by atoms with Gasteiger partial charge in [-0.3, -0.25) is 4.79 Å². The van der Waals surface area contributed by atoms with Crippen molar-refractivity contribution in [1.29, 1.82) is 5.26 Å². The minimum atomic E-state index is -4.62. The van der Waals surface area contributed by atoms with Gasteiger partial charge in [-0.15, -0.1) is 0 Å². The Labute approximate surface area is 190 Å². The number of halogens is 4. The SMILES string of the molecule is COc1c(C#N)ccc(OCC(F)(F)F)c1C(=O)N1Cc2cn(-c3cc(C)c(F)cn3)nc2C1. The first kappa shape index (κ1) is 23.0. The number of pyridine rings is 1. The van der Waals surface area contributed by atoms with Gasteiger partial charge in [-0.2, -0.15) is 23.5 Å². The van der Waals surface area contributed by atoms with Crippen molar-refractivity contribution in [2.45, 2.75) is 26.2 Å². The van der Waals surface area contributed by atoms with Crippen molar-refractivity contribution in [2.24, 2.45) is 0 Å². The van der Waals surface area contributed by atoms with Crippen LogP contribution in [0.1, 0.15) is 32.7 Å². The van der Waals surface area contributed by atoms with Crippen LogP contribution in [0.15, 0.2) is 30.6 Å². The first-order valence-corrected chi connectivity index (χ1v) is 9.91. The predicted octanol–water partition coefficient (Wildman–Crippen LogP) is 3.69. The summed E-state index contributed by atoms with van der Waals surface area (Å²) in [6.07, 6.45) is -1.89. The highest BCUT2D eigenvalue weighted by Gasteiger charge is 2.34. The topological polar surface area (TPSA) is 93.3 Å². The molecule has 0 saturated carbocycles. The van der Waals surface area contributed by atoms with E-state index in [1.165, 1.54) is 28.8 Å². The van der Waals surface area contributed by atoms with Crippen LogP contribution in [-0.2, 0) is 13.1 Å². The number of nitrogens with zero attached hydrogens (tertiary/aromatic N) is 5. The lowest BCUT2D eigenvalue weighted by atomic mass is 10.1. The van der Waals surface area contributed by atoms with Crippen molar-refractivity contribution >= 4 is 5.91 Å². The van der Waals surface area contributed by atoms with Gasteiger partial charge in [-0.25, -0.2) is 14.1 Å². The summed E-state index contributed by atoms with van der Waals surface area (Å²) in [5.41, 5.74) is 1.33. The maximum atomic E-state index is 13.5. The fourth-order valence-corrected chi connectivity index (χ4v) is 3.57. The Bertz CT molecular complexity index is 1290. The number of carbonyl (C=O) groups excluding carboxylic acids is 1. The normalized spacial score (nSPS) is 12.9. The molecule has 0 aliphatic carbocycles. The summed E-state index contributed by atoms with van der Waals surface area (Å²) in [5, 5.41) is 13.7. The molecule has 0 N–H and O–H groups in total. The number of amides is 1. The van der Waals surface area contributed by atoms with Crippen LogP contribution in [0.4, 0.5) is 17.6 Å². The van der Waals surface area contributed by atoms with Gasteiger partial charge in [0.25, 0.3) is 5.91 Å². The van der Waals surface area contributed by atoms with Gasteiger partial charge < -0.3 is 14.4 Å². The molecule has 0 fully saturated rings. The summed E-state index contributed by atoms with van der Waals surface area (Å²) in [7, 11) is 1.21. The first-order chi connectivity index (χ1) is 16.1. The van der Waals surface area contributed by atoms with Gasteiger partial charge in [0.15, 0.2) is 18.2 Å². The molecule has 0 atom stereocenters. The van der Waals surface area contributed by atoms with E-state index in [4.69, 9.17) is 9.47 Å². The zero-order valence-electron chi connectivity index (χ0n) is 18.0. The standard InChI is InChI=1S/C22H17F4N5O3/c1-12-5-18(28-7-15(12)23)31-9-14-8-30(10-16(14)29-31)21(32)19-17(34-11-22(24,25)26)4-3-13(6-27)20(19)33-2/h3-5,7,9H,8,10-11H2,1-2H3. The zero-order chi connectivity index (χ0) is 24.6. The van der Waals surface area contributed by atoms with E-state index < -0.39 is 24.5 Å². The molecular weight excluding hydrogens is 458 g/mol. The number of nitriles is 1. The molecule has 34 heavy (non-hydrogen) atoms. The molecule has 0 radical (unpaired) electrons. The molecule has 0 spiro atoms. The molecule has 0 saturated heterocycles. The van der Waals surface area contributed by atoms with Gasteiger partial charge in [0.1, 0.15) is 23.2 Å². The highest BCUT2D eigenvalue weighted by Crippen LogP contribution is 2.36. The van der Waals surface area contributed by atoms with Crippen molar-refractivity contribution < 1.29 is 31.8 Å². The Morgan fingerprint density at radius 2 is 2.06 bits per heavy atom. The maximum absolute atomic E-state index is 13.5. The molecule has 0 bridgehead atoms. The molecule has 12 heteroatoms. The van der Waals surface area contributed by atoms with Crippen LogP contribution >= 0.6 is 0 Å². The van der Waals surface area contributed by atoms with Crippen molar-refractivity contribution in [2.75, 3.05) is 13.7 Å². The molecular formula is C22H17F4N5O3. The van der Waals surface area contributed by atoms with Crippen LogP contribution in [-0.4, -0.2) is 45.5 Å². The maximum Gasteiger partial charge on any atom is 0.422 e. The third kappa shape index (κ3) is 4.36. The lowest BCUT2D eigenvalue weighted by molar-refractivity contribution is -0.153. The molecule has 1 aromatic carbocycles. The molecule has 1 aliphatic rings. The zero-order valence-corrected chi connectivity index (χ0v) is 18.0. The molecule has 0 unspecified atom stereocenters. The van der Waals surface area contributed by atoms with Crippen molar-refractivity contribution in [1.82, 2.24) is 19.7 Å². The van der Waals surface area contributed by atoms with Crippen LogP contribution in [0, 0.1) is 24.1 Å². The number of hydrogen-bond acceptors (Lipinski definition) is 6. The Hall–Kier alpha value is -4.14. The van der Waals surface area contributed by atoms with Gasteiger partial charge in [0, 0.05) is 18.3 Å². The summed E-state index contributed by atoms with van der Waals surface area (Å²) >= 11 is 0. The molecule has 3 heterocycles. The second-order valence-electron chi connectivity index (χ2n) is 7.53. The van der Waals surface area contributed by atoms with Crippen LogP contribution < -0.4 is 9.47 Å². The van der Waals surface area contributed by atoms with E-state index in [0.29, 0.717) is 22.6 Å². The summed E-state index contributed by atoms with van der Waals surface area (Å²) < 4.78 is 63.2. The second-order valence-corrected chi connectivity index (χ2v) is 7.53. The first-order valence-electron chi connectivity index (χ1n) is 9.91. The molecule has 176 valence electrons. The fraction of sp³-hybridized carbons (Fsp3) is 0.273. The smallest absolute Gasteiger partial charge is 0.422 e. The monoisotopic (exact) mass is 475 g/mol. The molecule has 4 rings (SSSR count). The van der Waals surface area contributed by atoms with E-state index in [1.54, 1.807) is 13.1 Å². The summed E-state index contributed by atoms with van der Waals surface area (Å²) in [6.45, 7) is 0.144. The highest BCUT2D eigenvalue weighted by atomic mass is 19.4.